The highest BCUT2D eigenvalue weighted by Crippen LogP contribution is 2.26. The molecule has 0 saturated heterocycles. The van der Waals surface area contributed by atoms with Gasteiger partial charge in [0.25, 0.3) is 10.0 Å². The molecule has 4 aromatic rings. The van der Waals surface area contributed by atoms with Crippen LogP contribution in [0.4, 0.5) is 11.4 Å². The fraction of sp³-hybridized carbons (Fsp3) is 0.0909. The number of para-hydroxylation sites is 3. The first-order valence-electron chi connectivity index (χ1n) is 9.51. The number of carbonyl (C=O) groups is 1. The normalized spacial score (nSPS) is 11.3. The number of methoxy groups -OCH3 is 1. The summed E-state index contributed by atoms with van der Waals surface area (Å²) in [5, 5.41) is 2.69. The van der Waals surface area contributed by atoms with Gasteiger partial charge in [-0.2, -0.15) is 0 Å². The number of rotatable bonds is 7. The lowest BCUT2D eigenvalue weighted by Crippen LogP contribution is -2.24. The molecule has 0 atom stereocenters. The molecule has 32 heavy (non-hydrogen) atoms. The number of ether oxygens (including phenoxy) is 1. The Labute approximate surface area is 188 Å². The molecule has 0 fully saturated rings. The highest BCUT2D eigenvalue weighted by Gasteiger charge is 2.17. The summed E-state index contributed by atoms with van der Waals surface area (Å²) in [6, 6.07) is 19.7. The quantitative estimate of drug-likeness (QED) is 0.431. The fourth-order valence-corrected chi connectivity index (χ4v) is 5.12. The Kier molecular flexibility index (Phi) is 5.97. The van der Waals surface area contributed by atoms with E-state index in [1.807, 2.05) is 12.1 Å². The maximum atomic E-state index is 12.7. The van der Waals surface area contributed by atoms with Gasteiger partial charge in [-0.05, 0) is 48.5 Å². The van der Waals surface area contributed by atoms with Crippen LogP contribution < -0.4 is 19.6 Å². The zero-order valence-electron chi connectivity index (χ0n) is 16.9. The van der Waals surface area contributed by atoms with E-state index in [0.29, 0.717) is 22.6 Å². The third-order valence-corrected chi connectivity index (χ3v) is 7.02. The van der Waals surface area contributed by atoms with Crippen molar-refractivity contribution >= 4 is 48.9 Å². The topological polar surface area (TPSA) is 106 Å². The van der Waals surface area contributed by atoms with E-state index in [9.17, 15) is 18.0 Å². The summed E-state index contributed by atoms with van der Waals surface area (Å²) in [6.07, 6.45) is 0. The standard InChI is InChI=1S/C22H19N3O5S2/c1-30-19-8-4-2-6-17(19)24-32(28,29)16-12-10-15(11-13-16)23-21(26)14-25-18-7-3-5-9-20(18)31-22(25)27/h2-13,24H,14H2,1H3,(H,23,26). The van der Waals surface area contributed by atoms with E-state index in [4.69, 9.17) is 4.74 Å². The van der Waals surface area contributed by atoms with E-state index in [0.717, 1.165) is 16.0 Å². The van der Waals surface area contributed by atoms with Crippen molar-refractivity contribution in [2.45, 2.75) is 11.4 Å². The van der Waals surface area contributed by atoms with Gasteiger partial charge in [0, 0.05) is 5.69 Å². The Balaban J connectivity index is 1.47. The number of sulfonamides is 1. The van der Waals surface area contributed by atoms with Crippen LogP contribution in [-0.4, -0.2) is 26.0 Å². The molecule has 2 N–H and O–H groups in total. The Morgan fingerprint density at radius 3 is 2.44 bits per heavy atom. The molecule has 0 saturated carbocycles. The van der Waals surface area contributed by atoms with Crippen LogP contribution in [0.1, 0.15) is 0 Å². The molecule has 8 nitrogen and oxygen atoms in total. The number of carbonyl (C=O) groups excluding carboxylic acids is 1. The van der Waals surface area contributed by atoms with Gasteiger partial charge < -0.3 is 10.1 Å². The number of aromatic nitrogens is 1. The highest BCUT2D eigenvalue weighted by atomic mass is 32.2. The number of fused-ring (bicyclic) bond motifs is 1. The highest BCUT2D eigenvalue weighted by molar-refractivity contribution is 7.92. The second-order valence-electron chi connectivity index (χ2n) is 6.80. The number of amides is 1. The van der Waals surface area contributed by atoms with Gasteiger partial charge in [0.2, 0.25) is 5.91 Å². The largest absolute Gasteiger partial charge is 0.495 e. The Morgan fingerprint density at radius 2 is 1.69 bits per heavy atom. The number of thiazole rings is 1. The molecule has 0 bridgehead atoms. The summed E-state index contributed by atoms with van der Waals surface area (Å²) < 4.78 is 35.2. The third kappa shape index (κ3) is 4.51. The molecule has 164 valence electrons. The van der Waals surface area contributed by atoms with Crippen molar-refractivity contribution in [1.82, 2.24) is 4.57 Å². The molecule has 1 heterocycles. The second-order valence-corrected chi connectivity index (χ2v) is 9.48. The number of anilines is 2. The molecule has 10 heteroatoms. The van der Waals surface area contributed by atoms with Crippen molar-refractivity contribution in [2.75, 3.05) is 17.1 Å². The summed E-state index contributed by atoms with van der Waals surface area (Å²) >= 11 is 1.08. The summed E-state index contributed by atoms with van der Waals surface area (Å²) in [5.74, 6) is 0.00885. The lowest BCUT2D eigenvalue weighted by molar-refractivity contribution is -0.116. The van der Waals surface area contributed by atoms with Crippen molar-refractivity contribution in [3.05, 3.63) is 82.5 Å². The van der Waals surface area contributed by atoms with Gasteiger partial charge in [-0.25, -0.2) is 8.42 Å². The predicted molar refractivity (Wildman–Crippen MR) is 125 cm³/mol. The van der Waals surface area contributed by atoms with E-state index in [-0.39, 0.29) is 16.3 Å². The molecule has 3 aromatic carbocycles. The average molecular weight is 470 g/mol. The van der Waals surface area contributed by atoms with E-state index in [1.54, 1.807) is 36.4 Å². The third-order valence-electron chi connectivity index (χ3n) is 4.68. The minimum absolute atomic E-state index is 0.0291. The predicted octanol–water partition coefficient (Wildman–Crippen LogP) is 3.51. The lowest BCUT2D eigenvalue weighted by atomic mass is 10.3. The maximum Gasteiger partial charge on any atom is 0.308 e. The zero-order valence-corrected chi connectivity index (χ0v) is 18.6. The summed E-state index contributed by atoms with van der Waals surface area (Å²) in [7, 11) is -2.39. The summed E-state index contributed by atoms with van der Waals surface area (Å²) in [4.78, 5) is 24.5. The number of nitrogens with zero attached hydrogens (tertiary/aromatic N) is 1. The summed E-state index contributed by atoms with van der Waals surface area (Å²) in [5.41, 5.74) is 1.43. The molecule has 4 rings (SSSR count). The van der Waals surface area contributed by atoms with Crippen LogP contribution in [0.2, 0.25) is 0 Å². The SMILES string of the molecule is COc1ccccc1NS(=O)(=O)c1ccc(NC(=O)Cn2c(=O)sc3ccccc32)cc1. The van der Waals surface area contributed by atoms with Crippen LogP contribution in [0.25, 0.3) is 10.2 Å². The van der Waals surface area contributed by atoms with Crippen LogP contribution in [0.3, 0.4) is 0 Å². The van der Waals surface area contributed by atoms with Gasteiger partial charge in [-0.1, -0.05) is 35.6 Å². The van der Waals surface area contributed by atoms with Crippen LogP contribution in [0.15, 0.2) is 82.5 Å². The van der Waals surface area contributed by atoms with Crippen LogP contribution in [-0.2, 0) is 21.4 Å². The fourth-order valence-electron chi connectivity index (χ4n) is 3.16. The Hall–Kier alpha value is -3.63. The number of hydrogen-bond donors (Lipinski definition) is 2. The first-order valence-corrected chi connectivity index (χ1v) is 11.8. The van der Waals surface area contributed by atoms with E-state index in [2.05, 4.69) is 10.0 Å². The number of benzene rings is 3. The van der Waals surface area contributed by atoms with E-state index < -0.39 is 15.9 Å². The van der Waals surface area contributed by atoms with Crippen molar-refractivity contribution in [1.29, 1.82) is 0 Å². The summed E-state index contributed by atoms with van der Waals surface area (Å²) in [6.45, 7) is -0.141. The van der Waals surface area contributed by atoms with Gasteiger partial charge >= 0.3 is 4.87 Å². The van der Waals surface area contributed by atoms with Crippen molar-refractivity contribution in [2.24, 2.45) is 0 Å². The molecule has 0 aliphatic heterocycles. The van der Waals surface area contributed by atoms with Crippen LogP contribution in [0, 0.1) is 0 Å². The minimum atomic E-state index is -3.85. The Morgan fingerprint density at radius 1 is 1.00 bits per heavy atom. The molecule has 0 aliphatic rings. The first-order chi connectivity index (χ1) is 15.4. The van der Waals surface area contributed by atoms with Crippen molar-refractivity contribution < 1.29 is 17.9 Å². The molecular formula is C22H19N3O5S2. The monoisotopic (exact) mass is 469 g/mol. The van der Waals surface area contributed by atoms with Gasteiger partial charge in [0.05, 0.1) is 27.9 Å². The maximum absolute atomic E-state index is 12.7. The van der Waals surface area contributed by atoms with Gasteiger partial charge in [0.15, 0.2) is 0 Å². The molecule has 0 unspecified atom stereocenters. The van der Waals surface area contributed by atoms with Gasteiger partial charge in [-0.3, -0.25) is 18.9 Å². The van der Waals surface area contributed by atoms with Crippen molar-refractivity contribution in [3.8, 4) is 5.75 Å². The molecule has 0 radical (unpaired) electrons. The van der Waals surface area contributed by atoms with Crippen molar-refractivity contribution in [3.63, 3.8) is 0 Å². The van der Waals surface area contributed by atoms with E-state index >= 15 is 0 Å². The molecular weight excluding hydrogens is 450 g/mol. The number of nitrogens with one attached hydrogen (secondary N) is 2. The van der Waals surface area contributed by atoms with Crippen LogP contribution >= 0.6 is 11.3 Å². The molecule has 0 spiro atoms. The van der Waals surface area contributed by atoms with E-state index in [1.165, 1.54) is 35.9 Å². The smallest absolute Gasteiger partial charge is 0.308 e. The minimum Gasteiger partial charge on any atom is -0.495 e. The second kappa shape index (κ2) is 8.85. The lowest BCUT2D eigenvalue weighted by Gasteiger charge is -2.12. The number of hydrogen-bond acceptors (Lipinski definition) is 6. The van der Waals surface area contributed by atoms with Gasteiger partial charge in [0.1, 0.15) is 12.3 Å². The first kappa shape index (κ1) is 21.6. The van der Waals surface area contributed by atoms with Crippen LogP contribution in [0.5, 0.6) is 5.75 Å². The van der Waals surface area contributed by atoms with Gasteiger partial charge in [-0.15, -0.1) is 0 Å². The molecule has 0 aliphatic carbocycles. The average Bonchev–Trinajstić information content (AvgIpc) is 3.09. The zero-order chi connectivity index (χ0) is 22.7. The molecule has 1 amide bonds. The Bertz CT molecular complexity index is 1440. The molecule has 1 aromatic heterocycles.